The van der Waals surface area contributed by atoms with E-state index in [0.717, 1.165) is 31.9 Å². The minimum Gasteiger partial charge on any atom is -0.352 e. The molecule has 0 radical (unpaired) electrons. The number of anilines is 1. The minimum atomic E-state index is -0.0455. The van der Waals surface area contributed by atoms with Gasteiger partial charge in [0.25, 0.3) is 0 Å². The number of carbonyl (C=O) groups excluding carboxylic acids is 1. The van der Waals surface area contributed by atoms with E-state index in [-0.39, 0.29) is 24.5 Å². The lowest BCUT2D eigenvalue weighted by Crippen LogP contribution is -2.53. The maximum Gasteiger partial charge on any atom is 0.239 e. The molecule has 1 fully saturated rings. The van der Waals surface area contributed by atoms with Crippen LogP contribution in [-0.2, 0) is 4.79 Å². The predicted molar refractivity (Wildman–Crippen MR) is 95.0 cm³/mol. The maximum absolute atomic E-state index is 11.7. The molecule has 2 heterocycles. The van der Waals surface area contributed by atoms with Crippen LogP contribution in [0.3, 0.4) is 0 Å². The molecule has 24 heavy (non-hydrogen) atoms. The second kappa shape index (κ2) is 9.05. The zero-order chi connectivity index (χ0) is 17.4. The molecule has 8 nitrogen and oxygen atoms in total. The van der Waals surface area contributed by atoms with Gasteiger partial charge in [0.2, 0.25) is 11.9 Å². The monoisotopic (exact) mass is 333 g/mol. The van der Waals surface area contributed by atoms with Crippen LogP contribution in [0.4, 0.5) is 5.95 Å². The Hall–Kier alpha value is -2.38. The maximum atomic E-state index is 11.7. The Labute approximate surface area is 143 Å². The number of guanidine groups is 1. The van der Waals surface area contributed by atoms with Crippen molar-refractivity contribution in [3.63, 3.8) is 0 Å². The van der Waals surface area contributed by atoms with E-state index in [1.54, 1.807) is 19.4 Å². The van der Waals surface area contributed by atoms with Crippen LogP contribution >= 0.6 is 0 Å². The standard InChI is InChI=1S/C16H27N7O/c1-12(2)21-14(24)10-20-15(17-3)22-13-6-4-9-23(11-13)16-18-7-5-8-19-16/h5,7-8,12-13H,4,6,9-11H2,1-3H3,(H,21,24)(H2,17,20,22). The molecule has 0 bridgehead atoms. The van der Waals surface area contributed by atoms with Crippen molar-refractivity contribution in [2.75, 3.05) is 31.6 Å². The fourth-order valence-corrected chi connectivity index (χ4v) is 2.66. The van der Waals surface area contributed by atoms with E-state index in [2.05, 4.69) is 35.8 Å². The average molecular weight is 333 g/mol. The first-order valence-electron chi connectivity index (χ1n) is 8.37. The van der Waals surface area contributed by atoms with Gasteiger partial charge in [-0.05, 0) is 32.8 Å². The molecule has 0 aromatic carbocycles. The van der Waals surface area contributed by atoms with Gasteiger partial charge in [-0.3, -0.25) is 9.79 Å². The van der Waals surface area contributed by atoms with Crippen LogP contribution in [0, 0.1) is 0 Å². The summed E-state index contributed by atoms with van der Waals surface area (Å²) < 4.78 is 0. The smallest absolute Gasteiger partial charge is 0.239 e. The van der Waals surface area contributed by atoms with Crippen LogP contribution in [-0.4, -0.2) is 60.6 Å². The van der Waals surface area contributed by atoms with Gasteiger partial charge in [-0.2, -0.15) is 0 Å². The van der Waals surface area contributed by atoms with Crippen molar-refractivity contribution in [1.82, 2.24) is 25.9 Å². The van der Waals surface area contributed by atoms with E-state index in [1.807, 2.05) is 19.9 Å². The highest BCUT2D eigenvalue weighted by atomic mass is 16.2. The summed E-state index contributed by atoms with van der Waals surface area (Å²) in [5, 5.41) is 9.27. The Morgan fingerprint density at radius 2 is 2.17 bits per heavy atom. The van der Waals surface area contributed by atoms with Gasteiger partial charge in [0.05, 0.1) is 6.54 Å². The molecule has 0 saturated carbocycles. The number of rotatable bonds is 5. The molecule has 1 aliphatic heterocycles. The van der Waals surface area contributed by atoms with Crippen molar-refractivity contribution in [1.29, 1.82) is 0 Å². The molecule has 0 aliphatic carbocycles. The zero-order valence-electron chi connectivity index (χ0n) is 14.6. The highest BCUT2D eigenvalue weighted by molar-refractivity contribution is 5.86. The van der Waals surface area contributed by atoms with Crippen molar-refractivity contribution in [3.05, 3.63) is 18.5 Å². The molecule has 1 amide bonds. The number of amides is 1. The fourth-order valence-electron chi connectivity index (χ4n) is 2.66. The third kappa shape index (κ3) is 5.68. The van der Waals surface area contributed by atoms with E-state index in [1.165, 1.54) is 0 Å². The molecule has 1 aliphatic rings. The van der Waals surface area contributed by atoms with Gasteiger partial charge < -0.3 is 20.9 Å². The molecule has 2 rings (SSSR count). The minimum absolute atomic E-state index is 0.0455. The number of aliphatic imine (C=N–C) groups is 1. The van der Waals surface area contributed by atoms with Crippen molar-refractivity contribution < 1.29 is 4.79 Å². The van der Waals surface area contributed by atoms with Gasteiger partial charge in [-0.15, -0.1) is 0 Å². The molecule has 1 saturated heterocycles. The van der Waals surface area contributed by atoms with Crippen molar-refractivity contribution in [2.24, 2.45) is 4.99 Å². The summed E-state index contributed by atoms with van der Waals surface area (Å²) in [6.45, 7) is 5.84. The first-order valence-corrected chi connectivity index (χ1v) is 8.37. The summed E-state index contributed by atoms with van der Waals surface area (Å²) in [7, 11) is 1.70. The molecule has 1 aromatic heterocycles. The first-order chi connectivity index (χ1) is 11.6. The van der Waals surface area contributed by atoms with Crippen LogP contribution in [0.1, 0.15) is 26.7 Å². The Morgan fingerprint density at radius 1 is 1.42 bits per heavy atom. The lowest BCUT2D eigenvalue weighted by atomic mass is 10.1. The quantitative estimate of drug-likeness (QED) is 0.524. The number of carbonyl (C=O) groups is 1. The fraction of sp³-hybridized carbons (Fsp3) is 0.625. The normalized spacial score (nSPS) is 18.4. The van der Waals surface area contributed by atoms with Crippen LogP contribution < -0.4 is 20.9 Å². The number of hydrogen-bond donors (Lipinski definition) is 3. The van der Waals surface area contributed by atoms with Crippen molar-refractivity contribution in [2.45, 2.75) is 38.8 Å². The van der Waals surface area contributed by atoms with E-state index in [0.29, 0.717) is 5.96 Å². The van der Waals surface area contributed by atoms with Crippen molar-refractivity contribution >= 4 is 17.8 Å². The molecule has 1 atom stereocenters. The molecule has 1 aromatic rings. The van der Waals surface area contributed by atoms with Crippen LogP contribution in [0.5, 0.6) is 0 Å². The van der Waals surface area contributed by atoms with Gasteiger partial charge in [0.1, 0.15) is 0 Å². The summed E-state index contributed by atoms with van der Waals surface area (Å²) in [5.41, 5.74) is 0. The van der Waals surface area contributed by atoms with Gasteiger partial charge in [-0.25, -0.2) is 9.97 Å². The number of nitrogens with one attached hydrogen (secondary N) is 3. The third-order valence-corrected chi connectivity index (χ3v) is 3.69. The molecule has 3 N–H and O–H groups in total. The lowest BCUT2D eigenvalue weighted by Gasteiger charge is -2.33. The Balaban J connectivity index is 1.83. The van der Waals surface area contributed by atoms with Crippen LogP contribution in [0.15, 0.2) is 23.5 Å². The molecular weight excluding hydrogens is 306 g/mol. The largest absolute Gasteiger partial charge is 0.352 e. The zero-order valence-corrected chi connectivity index (χ0v) is 14.6. The Bertz CT molecular complexity index is 547. The molecule has 0 spiro atoms. The Morgan fingerprint density at radius 3 is 2.83 bits per heavy atom. The molecule has 1 unspecified atom stereocenters. The second-order valence-corrected chi connectivity index (χ2v) is 6.13. The number of aromatic nitrogens is 2. The van der Waals surface area contributed by atoms with Crippen molar-refractivity contribution in [3.8, 4) is 0 Å². The molecular formula is C16H27N7O. The molecule has 132 valence electrons. The van der Waals surface area contributed by atoms with E-state index in [4.69, 9.17) is 0 Å². The summed E-state index contributed by atoms with van der Waals surface area (Å²) >= 11 is 0. The number of nitrogens with zero attached hydrogens (tertiary/aromatic N) is 4. The van der Waals surface area contributed by atoms with Crippen LogP contribution in [0.25, 0.3) is 0 Å². The predicted octanol–water partition coefficient (Wildman–Crippen LogP) is 0.135. The number of hydrogen-bond acceptors (Lipinski definition) is 5. The van der Waals surface area contributed by atoms with E-state index >= 15 is 0 Å². The topological polar surface area (TPSA) is 94.5 Å². The second-order valence-electron chi connectivity index (χ2n) is 6.13. The van der Waals surface area contributed by atoms with Gasteiger partial charge >= 0.3 is 0 Å². The van der Waals surface area contributed by atoms with Gasteiger partial charge in [-0.1, -0.05) is 0 Å². The SMILES string of the molecule is CN=C(NCC(=O)NC(C)C)NC1CCCN(c2ncccn2)C1. The summed E-state index contributed by atoms with van der Waals surface area (Å²) in [6.07, 6.45) is 5.61. The first kappa shape index (κ1) is 18.0. The van der Waals surface area contributed by atoms with E-state index in [9.17, 15) is 4.79 Å². The average Bonchev–Trinajstić information content (AvgIpc) is 2.59. The summed E-state index contributed by atoms with van der Waals surface area (Å²) in [6, 6.07) is 2.19. The highest BCUT2D eigenvalue weighted by Gasteiger charge is 2.22. The molecule has 8 heteroatoms. The van der Waals surface area contributed by atoms with E-state index < -0.39 is 0 Å². The third-order valence-electron chi connectivity index (χ3n) is 3.69. The lowest BCUT2D eigenvalue weighted by molar-refractivity contribution is -0.120. The summed E-state index contributed by atoms with van der Waals surface area (Å²) in [5.74, 6) is 1.34. The Kier molecular flexibility index (Phi) is 6.77. The number of piperidine rings is 1. The van der Waals surface area contributed by atoms with Gasteiger partial charge in [0.15, 0.2) is 5.96 Å². The highest BCUT2D eigenvalue weighted by Crippen LogP contribution is 2.15. The summed E-state index contributed by atoms with van der Waals surface area (Å²) in [4.78, 5) is 26.7. The van der Waals surface area contributed by atoms with Crippen LogP contribution in [0.2, 0.25) is 0 Å². The van der Waals surface area contributed by atoms with Gasteiger partial charge in [0, 0.05) is 44.6 Å².